The zero-order chi connectivity index (χ0) is 16.5. The number of nitrogens with zero attached hydrogens (tertiary/aromatic N) is 3. The van der Waals surface area contributed by atoms with Crippen molar-refractivity contribution in [3.05, 3.63) is 23.9 Å². The van der Waals surface area contributed by atoms with Gasteiger partial charge >= 0.3 is 0 Å². The molecule has 2 heterocycles. The number of pyridine rings is 1. The van der Waals surface area contributed by atoms with E-state index in [1.165, 1.54) is 19.3 Å². The third-order valence-corrected chi connectivity index (χ3v) is 4.25. The van der Waals surface area contributed by atoms with Gasteiger partial charge in [-0.25, -0.2) is 4.98 Å². The van der Waals surface area contributed by atoms with E-state index in [4.69, 9.17) is 9.47 Å². The molecule has 128 valence electrons. The summed E-state index contributed by atoms with van der Waals surface area (Å²) in [6, 6.07) is 3.91. The first-order valence-corrected chi connectivity index (χ1v) is 8.21. The first kappa shape index (κ1) is 17.5. The largest absolute Gasteiger partial charge is 0.481 e. The van der Waals surface area contributed by atoms with Gasteiger partial charge in [-0.3, -0.25) is 4.99 Å². The number of guanidine groups is 1. The molecule has 1 saturated heterocycles. The molecule has 0 bridgehead atoms. The molecule has 0 amide bonds. The maximum Gasteiger partial charge on any atom is 0.213 e. The molecule has 0 saturated carbocycles. The van der Waals surface area contributed by atoms with Crippen LogP contribution in [0.1, 0.15) is 24.8 Å². The first-order valence-electron chi connectivity index (χ1n) is 8.21. The fraction of sp³-hybridized carbons (Fsp3) is 0.647. The van der Waals surface area contributed by atoms with Crippen molar-refractivity contribution in [1.29, 1.82) is 0 Å². The molecule has 0 aromatic carbocycles. The Morgan fingerprint density at radius 1 is 1.48 bits per heavy atom. The number of hydrogen-bond acceptors (Lipinski definition) is 4. The van der Waals surface area contributed by atoms with Crippen LogP contribution in [-0.2, 0) is 11.3 Å². The number of methoxy groups -OCH3 is 1. The van der Waals surface area contributed by atoms with Crippen LogP contribution < -0.4 is 10.1 Å². The van der Waals surface area contributed by atoms with Crippen LogP contribution >= 0.6 is 0 Å². The van der Waals surface area contributed by atoms with Gasteiger partial charge < -0.3 is 19.7 Å². The summed E-state index contributed by atoms with van der Waals surface area (Å²) >= 11 is 0. The second-order valence-corrected chi connectivity index (χ2v) is 5.87. The molecule has 6 heteroatoms. The SMILES string of the molecule is CN=C(NCc1ccnc(OC)c1)N(C)CCC1CCOCC1. The second-order valence-electron chi connectivity index (χ2n) is 5.87. The molecule has 0 radical (unpaired) electrons. The van der Waals surface area contributed by atoms with E-state index in [2.05, 4.69) is 27.2 Å². The molecule has 1 N–H and O–H groups in total. The molecule has 1 fully saturated rings. The van der Waals surface area contributed by atoms with Gasteiger partial charge in [0.05, 0.1) is 7.11 Å². The molecular formula is C17H28N4O2. The Morgan fingerprint density at radius 3 is 2.96 bits per heavy atom. The highest BCUT2D eigenvalue weighted by Gasteiger charge is 2.15. The van der Waals surface area contributed by atoms with E-state index < -0.39 is 0 Å². The average Bonchev–Trinajstić information content (AvgIpc) is 2.61. The van der Waals surface area contributed by atoms with Gasteiger partial charge in [0.2, 0.25) is 5.88 Å². The Labute approximate surface area is 138 Å². The minimum Gasteiger partial charge on any atom is -0.481 e. The van der Waals surface area contributed by atoms with E-state index in [1.807, 2.05) is 19.2 Å². The lowest BCUT2D eigenvalue weighted by atomic mass is 9.96. The van der Waals surface area contributed by atoms with Crippen LogP contribution in [0.2, 0.25) is 0 Å². The van der Waals surface area contributed by atoms with E-state index >= 15 is 0 Å². The highest BCUT2D eigenvalue weighted by atomic mass is 16.5. The summed E-state index contributed by atoms with van der Waals surface area (Å²) in [4.78, 5) is 10.7. The Kier molecular flexibility index (Phi) is 7.13. The topological polar surface area (TPSA) is 59.0 Å². The second kappa shape index (κ2) is 9.35. The van der Waals surface area contributed by atoms with Crippen LogP contribution in [0.25, 0.3) is 0 Å². The van der Waals surface area contributed by atoms with E-state index in [9.17, 15) is 0 Å². The minimum absolute atomic E-state index is 0.632. The standard InChI is InChI=1S/C17H28N4O2/c1-18-17(20-13-15-4-8-19-16(12-15)22-3)21(2)9-5-14-6-10-23-11-7-14/h4,8,12,14H,5-7,9-11,13H2,1-3H3,(H,18,20). The molecular weight excluding hydrogens is 292 g/mol. The lowest BCUT2D eigenvalue weighted by molar-refractivity contribution is 0.0625. The van der Waals surface area contributed by atoms with Gasteiger partial charge in [0.15, 0.2) is 5.96 Å². The molecule has 1 aliphatic heterocycles. The Morgan fingerprint density at radius 2 is 2.26 bits per heavy atom. The summed E-state index contributed by atoms with van der Waals surface area (Å²) in [5.41, 5.74) is 1.12. The molecule has 0 atom stereocenters. The van der Waals surface area contributed by atoms with E-state index in [0.717, 1.165) is 37.2 Å². The van der Waals surface area contributed by atoms with Gasteiger partial charge in [-0.15, -0.1) is 0 Å². The lowest BCUT2D eigenvalue weighted by Gasteiger charge is -2.26. The molecule has 1 aromatic heterocycles. The summed E-state index contributed by atoms with van der Waals surface area (Å²) in [5.74, 6) is 2.31. The van der Waals surface area contributed by atoms with Crippen molar-refractivity contribution in [3.8, 4) is 5.88 Å². The molecule has 6 nitrogen and oxygen atoms in total. The minimum atomic E-state index is 0.632. The average molecular weight is 320 g/mol. The molecule has 0 spiro atoms. The third-order valence-electron chi connectivity index (χ3n) is 4.25. The summed E-state index contributed by atoms with van der Waals surface area (Å²) in [6.45, 7) is 3.52. The van der Waals surface area contributed by atoms with Gasteiger partial charge in [-0.1, -0.05) is 0 Å². The van der Waals surface area contributed by atoms with Crippen LogP contribution in [0.5, 0.6) is 5.88 Å². The Balaban J connectivity index is 1.79. The van der Waals surface area contributed by atoms with E-state index in [0.29, 0.717) is 12.4 Å². The van der Waals surface area contributed by atoms with E-state index in [1.54, 1.807) is 13.3 Å². The van der Waals surface area contributed by atoms with Crippen LogP contribution in [0.4, 0.5) is 0 Å². The van der Waals surface area contributed by atoms with Gasteiger partial charge in [0.25, 0.3) is 0 Å². The van der Waals surface area contributed by atoms with Crippen LogP contribution in [-0.4, -0.2) is 56.8 Å². The number of ether oxygens (including phenoxy) is 2. The fourth-order valence-corrected chi connectivity index (χ4v) is 2.76. The molecule has 2 rings (SSSR count). The lowest BCUT2D eigenvalue weighted by Crippen LogP contribution is -2.39. The van der Waals surface area contributed by atoms with E-state index in [-0.39, 0.29) is 0 Å². The van der Waals surface area contributed by atoms with Crippen molar-refractivity contribution in [1.82, 2.24) is 15.2 Å². The summed E-state index contributed by atoms with van der Waals surface area (Å²) in [5, 5.41) is 3.39. The van der Waals surface area contributed by atoms with Crippen molar-refractivity contribution in [2.45, 2.75) is 25.8 Å². The number of nitrogens with one attached hydrogen (secondary N) is 1. The van der Waals surface area contributed by atoms with Crippen molar-refractivity contribution in [2.24, 2.45) is 10.9 Å². The van der Waals surface area contributed by atoms with Gasteiger partial charge in [0, 0.05) is 52.7 Å². The molecule has 23 heavy (non-hydrogen) atoms. The van der Waals surface area contributed by atoms with Gasteiger partial charge in [-0.2, -0.15) is 0 Å². The maximum atomic E-state index is 5.42. The quantitative estimate of drug-likeness (QED) is 0.641. The third kappa shape index (κ3) is 5.71. The Hall–Kier alpha value is -1.82. The smallest absolute Gasteiger partial charge is 0.213 e. The zero-order valence-electron chi connectivity index (χ0n) is 14.4. The highest BCUT2D eigenvalue weighted by molar-refractivity contribution is 5.79. The number of aromatic nitrogens is 1. The first-order chi connectivity index (χ1) is 11.2. The summed E-state index contributed by atoms with van der Waals surface area (Å²) in [7, 11) is 5.53. The monoisotopic (exact) mass is 320 g/mol. The summed E-state index contributed by atoms with van der Waals surface area (Å²) in [6.07, 6.45) is 5.30. The predicted octanol–water partition coefficient (Wildman–Crippen LogP) is 1.91. The highest BCUT2D eigenvalue weighted by Crippen LogP contribution is 2.18. The fourth-order valence-electron chi connectivity index (χ4n) is 2.76. The number of rotatable bonds is 6. The predicted molar refractivity (Wildman–Crippen MR) is 91.8 cm³/mol. The van der Waals surface area contributed by atoms with Crippen molar-refractivity contribution in [3.63, 3.8) is 0 Å². The molecule has 0 aliphatic carbocycles. The van der Waals surface area contributed by atoms with Gasteiger partial charge in [0.1, 0.15) is 0 Å². The number of aliphatic imine (C=N–C) groups is 1. The molecule has 1 aliphatic rings. The van der Waals surface area contributed by atoms with Crippen molar-refractivity contribution < 1.29 is 9.47 Å². The maximum absolute atomic E-state index is 5.42. The van der Waals surface area contributed by atoms with Gasteiger partial charge in [-0.05, 0) is 36.8 Å². The van der Waals surface area contributed by atoms with Crippen molar-refractivity contribution >= 4 is 5.96 Å². The normalized spacial score (nSPS) is 16.2. The van der Waals surface area contributed by atoms with Crippen LogP contribution in [0, 0.1) is 5.92 Å². The molecule has 1 aromatic rings. The van der Waals surface area contributed by atoms with Crippen molar-refractivity contribution in [2.75, 3.05) is 41.0 Å². The zero-order valence-corrected chi connectivity index (χ0v) is 14.4. The Bertz CT molecular complexity index is 501. The summed E-state index contributed by atoms with van der Waals surface area (Å²) < 4.78 is 10.6. The van der Waals surface area contributed by atoms with Crippen LogP contribution in [0.15, 0.2) is 23.3 Å². The number of hydrogen-bond donors (Lipinski definition) is 1. The van der Waals surface area contributed by atoms with Crippen LogP contribution in [0.3, 0.4) is 0 Å². The molecule has 0 unspecified atom stereocenters.